The van der Waals surface area contributed by atoms with Crippen LogP contribution in [-0.4, -0.2) is 70.4 Å². The van der Waals surface area contributed by atoms with Gasteiger partial charge in [0.25, 0.3) is 5.91 Å². The number of hydrogen-bond donors (Lipinski definition) is 2. The molecule has 1 aromatic carbocycles. The highest BCUT2D eigenvalue weighted by Gasteiger charge is 2.33. The van der Waals surface area contributed by atoms with Gasteiger partial charge >= 0.3 is 6.09 Å². The van der Waals surface area contributed by atoms with E-state index < -0.39 is 12.2 Å². The number of ether oxygens (including phenoxy) is 3. The minimum absolute atomic E-state index is 0.0457. The Morgan fingerprint density at radius 2 is 2.03 bits per heavy atom. The Hall–Kier alpha value is -3.18. The van der Waals surface area contributed by atoms with Gasteiger partial charge in [-0.1, -0.05) is 29.8 Å². The molecule has 1 aliphatic carbocycles. The number of Topliss-reactive ketones (excluding diaryl/α,β-unsaturated/α-hetero) is 1. The Kier molecular flexibility index (Phi) is 10.2. The first-order valence-electron chi connectivity index (χ1n) is 12.7. The second-order valence-corrected chi connectivity index (χ2v) is 10.9. The summed E-state index contributed by atoms with van der Waals surface area (Å²) in [5, 5.41) is 5.98. The fraction of sp³-hybridized carbons (Fsp3) is 0.393. The van der Waals surface area contributed by atoms with Gasteiger partial charge in [-0.25, -0.2) is 4.79 Å². The number of anilines is 1. The molecular weight excluding hydrogens is 542 g/mol. The first-order valence-corrected chi connectivity index (χ1v) is 13.9. The van der Waals surface area contributed by atoms with Gasteiger partial charge in [-0.15, -0.1) is 11.3 Å². The minimum atomic E-state index is -0.470. The monoisotopic (exact) mass is 573 g/mol. The molecule has 9 nitrogen and oxygen atoms in total. The summed E-state index contributed by atoms with van der Waals surface area (Å²) in [6.07, 6.45) is 5.05. The van der Waals surface area contributed by atoms with Crippen LogP contribution in [0.2, 0.25) is 4.34 Å². The number of allylic oxidation sites excluding steroid dienone is 4. The predicted octanol–water partition coefficient (Wildman–Crippen LogP) is 3.90. The van der Waals surface area contributed by atoms with E-state index in [2.05, 4.69) is 10.6 Å². The third kappa shape index (κ3) is 7.69. The molecule has 0 bridgehead atoms. The summed E-state index contributed by atoms with van der Waals surface area (Å²) in [5.41, 5.74) is 2.68. The molecule has 1 fully saturated rings. The van der Waals surface area contributed by atoms with Crippen LogP contribution in [0.25, 0.3) is 0 Å². The fourth-order valence-corrected chi connectivity index (χ4v) is 5.28. The van der Waals surface area contributed by atoms with Crippen LogP contribution in [0.1, 0.15) is 20.8 Å². The number of halogens is 1. The van der Waals surface area contributed by atoms with Crippen LogP contribution >= 0.6 is 22.9 Å². The van der Waals surface area contributed by atoms with Gasteiger partial charge in [0.05, 0.1) is 28.9 Å². The molecule has 0 radical (unpaired) electrons. The fourth-order valence-electron chi connectivity index (χ4n) is 4.32. The van der Waals surface area contributed by atoms with E-state index in [-0.39, 0.29) is 24.2 Å². The molecule has 1 aromatic heterocycles. The van der Waals surface area contributed by atoms with Crippen molar-refractivity contribution in [2.45, 2.75) is 19.4 Å². The van der Waals surface area contributed by atoms with Crippen molar-refractivity contribution in [3.05, 3.63) is 74.7 Å². The molecule has 2 amide bonds. The van der Waals surface area contributed by atoms with Crippen molar-refractivity contribution < 1.29 is 28.6 Å². The summed E-state index contributed by atoms with van der Waals surface area (Å²) in [5.74, 6) is -0.254. The number of thiophene rings is 1. The molecular formula is C28H32ClN3O6S. The molecule has 2 heterocycles. The first kappa shape index (κ1) is 28.8. The van der Waals surface area contributed by atoms with Crippen LogP contribution in [0, 0.1) is 12.8 Å². The minimum Gasteiger partial charge on any atom is -0.489 e. The zero-order chi connectivity index (χ0) is 27.8. The van der Waals surface area contributed by atoms with Crippen molar-refractivity contribution in [2.75, 3.05) is 51.4 Å². The summed E-state index contributed by atoms with van der Waals surface area (Å²) in [6.45, 7) is 4.84. The number of benzene rings is 1. The quantitative estimate of drug-likeness (QED) is 0.350. The van der Waals surface area contributed by atoms with Crippen LogP contribution in [0.3, 0.4) is 0 Å². The predicted molar refractivity (Wildman–Crippen MR) is 151 cm³/mol. The lowest BCUT2D eigenvalue weighted by atomic mass is 9.89. The molecule has 4 rings (SSSR count). The molecule has 11 heteroatoms. The van der Waals surface area contributed by atoms with Gasteiger partial charge in [0.1, 0.15) is 12.7 Å². The maximum absolute atomic E-state index is 13.0. The molecule has 1 saturated heterocycles. The van der Waals surface area contributed by atoms with Gasteiger partial charge in [-0.3, -0.25) is 14.5 Å². The molecule has 0 spiro atoms. The zero-order valence-corrected chi connectivity index (χ0v) is 23.5. The highest BCUT2D eigenvalue weighted by molar-refractivity contribution is 7.18. The third-order valence-corrected chi connectivity index (χ3v) is 7.66. The zero-order valence-electron chi connectivity index (χ0n) is 21.9. The topological polar surface area (TPSA) is 106 Å². The van der Waals surface area contributed by atoms with Crippen LogP contribution in [0.5, 0.6) is 0 Å². The normalized spacial score (nSPS) is 18.7. The number of rotatable bonds is 13. The number of amides is 2. The van der Waals surface area contributed by atoms with Gasteiger partial charge in [-0.2, -0.15) is 0 Å². The molecule has 1 aliphatic heterocycles. The van der Waals surface area contributed by atoms with E-state index in [1.54, 1.807) is 30.2 Å². The van der Waals surface area contributed by atoms with Crippen LogP contribution in [0.4, 0.5) is 10.5 Å². The van der Waals surface area contributed by atoms with Gasteiger partial charge in [0.15, 0.2) is 5.76 Å². The van der Waals surface area contributed by atoms with Crippen LogP contribution in [0.15, 0.2) is 54.3 Å². The number of methoxy groups -OCH3 is 1. The highest BCUT2D eigenvalue weighted by atomic mass is 35.5. The van der Waals surface area contributed by atoms with Gasteiger partial charge in [0, 0.05) is 31.8 Å². The summed E-state index contributed by atoms with van der Waals surface area (Å²) >= 11 is 7.09. The van der Waals surface area contributed by atoms with E-state index in [1.165, 1.54) is 11.3 Å². The molecule has 2 aliphatic rings. The molecule has 39 heavy (non-hydrogen) atoms. The molecule has 2 N–H and O–H groups in total. The second kappa shape index (κ2) is 13.7. The van der Waals surface area contributed by atoms with Crippen molar-refractivity contribution in [3.8, 4) is 0 Å². The summed E-state index contributed by atoms with van der Waals surface area (Å²) in [6, 6.07) is 9.03. The lowest BCUT2D eigenvalue weighted by molar-refractivity contribution is -0.121. The first-order chi connectivity index (χ1) is 18.9. The Bertz CT molecular complexity index is 1260. The van der Waals surface area contributed by atoms with Crippen molar-refractivity contribution in [1.82, 2.24) is 10.6 Å². The van der Waals surface area contributed by atoms with Gasteiger partial charge < -0.3 is 24.8 Å². The number of aryl methyl sites for hydroxylation is 1. The van der Waals surface area contributed by atoms with Gasteiger partial charge in [0.2, 0.25) is 5.78 Å². The highest BCUT2D eigenvalue weighted by Crippen LogP contribution is 2.27. The molecule has 1 unspecified atom stereocenters. The Morgan fingerprint density at radius 3 is 2.77 bits per heavy atom. The number of carbonyl (C=O) groups is 3. The third-order valence-electron chi connectivity index (χ3n) is 6.43. The lowest BCUT2D eigenvalue weighted by Crippen LogP contribution is -2.34. The Balaban J connectivity index is 1.28. The van der Waals surface area contributed by atoms with Crippen molar-refractivity contribution in [2.24, 2.45) is 5.92 Å². The molecule has 2 aromatic rings. The van der Waals surface area contributed by atoms with Crippen LogP contribution in [-0.2, 0) is 25.4 Å². The standard InChI is InChI=1S/C28H32ClN3O6S/c1-18-14-21(32-17-22(38-28(32)35)16-31-27(34)24-8-9-25(29)39-24)7-6-19(18)15-20-4-3-5-23(26(20)33)37-13-11-30-10-12-36-2/h3-9,14,20,22,30H,10-13,15-17H2,1-2H3,(H,31,34)/t20?,22-/m0/s1. The summed E-state index contributed by atoms with van der Waals surface area (Å²) in [7, 11) is 1.65. The average molecular weight is 574 g/mol. The van der Waals surface area contributed by atoms with Crippen molar-refractivity contribution >= 4 is 46.4 Å². The lowest BCUT2D eigenvalue weighted by Gasteiger charge is -2.20. The van der Waals surface area contributed by atoms with E-state index in [0.29, 0.717) is 53.4 Å². The molecule has 2 atom stereocenters. The molecule has 0 saturated carbocycles. The number of hydrogen-bond acceptors (Lipinski definition) is 8. The number of cyclic esters (lactones) is 1. The average Bonchev–Trinajstić information content (AvgIpc) is 3.53. The second-order valence-electron chi connectivity index (χ2n) is 9.22. The van der Waals surface area contributed by atoms with E-state index in [1.807, 2.05) is 37.3 Å². The van der Waals surface area contributed by atoms with Crippen LogP contribution < -0.4 is 15.5 Å². The van der Waals surface area contributed by atoms with E-state index in [9.17, 15) is 14.4 Å². The van der Waals surface area contributed by atoms with Crippen molar-refractivity contribution in [1.29, 1.82) is 0 Å². The Labute approximate surface area is 236 Å². The number of nitrogens with zero attached hydrogens (tertiary/aromatic N) is 1. The van der Waals surface area contributed by atoms with Crippen molar-refractivity contribution in [3.63, 3.8) is 0 Å². The summed E-state index contributed by atoms with van der Waals surface area (Å²) < 4.78 is 16.7. The number of ketones is 1. The maximum Gasteiger partial charge on any atom is 0.414 e. The largest absolute Gasteiger partial charge is 0.489 e. The molecule has 208 valence electrons. The van der Waals surface area contributed by atoms with E-state index >= 15 is 0 Å². The number of nitrogens with one attached hydrogen (secondary N) is 2. The maximum atomic E-state index is 13.0. The Morgan fingerprint density at radius 1 is 1.21 bits per heavy atom. The van der Waals surface area contributed by atoms with Gasteiger partial charge in [-0.05, 0) is 54.8 Å². The van der Waals surface area contributed by atoms with E-state index in [4.69, 9.17) is 25.8 Å². The summed E-state index contributed by atoms with van der Waals surface area (Å²) in [4.78, 5) is 39.9. The number of carbonyl (C=O) groups excluding carboxylic acids is 3. The van der Waals surface area contributed by atoms with E-state index in [0.717, 1.165) is 17.7 Å². The smallest absolute Gasteiger partial charge is 0.414 e. The SMILES string of the molecule is COCCNCCOC1=CC=CC(Cc2ccc(N3C[C@H](CNC(=O)c4ccc(Cl)s4)OC3=O)cc2C)C1=O.